The minimum atomic E-state index is -2.24. The summed E-state index contributed by atoms with van der Waals surface area (Å²) in [6.07, 6.45) is 8.92. The summed E-state index contributed by atoms with van der Waals surface area (Å²) in [4.78, 5) is 0. The van der Waals surface area contributed by atoms with Crippen LogP contribution >= 0.6 is 10.4 Å². The third-order valence-electron chi connectivity index (χ3n) is 4.53. The average molecular weight is 284 g/mol. The molecule has 0 amide bonds. The van der Waals surface area contributed by atoms with Crippen LogP contribution in [0.5, 0.6) is 0 Å². The van der Waals surface area contributed by atoms with Crippen LogP contribution in [0.2, 0.25) is 0 Å². The Balaban J connectivity index is 2.47. The molecule has 0 N–H and O–H groups in total. The third kappa shape index (κ3) is 2.41. The van der Waals surface area contributed by atoms with Gasteiger partial charge in [-0.25, -0.2) is 0 Å². The van der Waals surface area contributed by atoms with Crippen molar-refractivity contribution in [1.29, 1.82) is 0 Å². The van der Waals surface area contributed by atoms with Crippen LogP contribution in [-0.2, 0) is 0 Å². The van der Waals surface area contributed by atoms with E-state index in [1.807, 2.05) is 0 Å². The van der Waals surface area contributed by atoms with Gasteiger partial charge in [0.1, 0.15) is 0 Å². The number of hydrogen-bond donors (Lipinski definition) is 0. The summed E-state index contributed by atoms with van der Waals surface area (Å²) >= 11 is 0. The lowest BCUT2D eigenvalue weighted by molar-refractivity contribution is 0.619. The summed E-state index contributed by atoms with van der Waals surface area (Å²) in [6.45, 7) is 12.6. The van der Waals surface area contributed by atoms with Crippen molar-refractivity contribution in [3.63, 3.8) is 0 Å². The molecule has 0 nitrogen and oxygen atoms in total. The van der Waals surface area contributed by atoms with Gasteiger partial charge in [-0.2, -0.15) is 3.89 Å². The van der Waals surface area contributed by atoms with Crippen LogP contribution in [0.3, 0.4) is 0 Å². The van der Waals surface area contributed by atoms with Crippen LogP contribution in [0, 0.1) is 0 Å². The maximum atomic E-state index is 16.3. The van der Waals surface area contributed by atoms with E-state index in [0.29, 0.717) is 0 Å². The minimum absolute atomic E-state index is 0.148. The van der Waals surface area contributed by atoms with E-state index in [4.69, 9.17) is 0 Å². The van der Waals surface area contributed by atoms with Crippen LogP contribution in [0.1, 0.15) is 67.2 Å². The van der Waals surface area contributed by atoms with E-state index in [1.165, 1.54) is 24.0 Å². The Bertz CT molecular complexity index is 404. The van der Waals surface area contributed by atoms with Gasteiger partial charge in [0.2, 0.25) is 0 Å². The molecule has 0 heterocycles. The van der Waals surface area contributed by atoms with Crippen molar-refractivity contribution in [1.82, 2.24) is 0 Å². The number of allylic oxidation sites excluding steroid dienone is 3. The van der Waals surface area contributed by atoms with E-state index >= 15 is 3.89 Å². The predicted molar refractivity (Wildman–Crippen MR) is 86.6 cm³/mol. The summed E-state index contributed by atoms with van der Waals surface area (Å²) in [7, 11) is -2.24. The van der Waals surface area contributed by atoms with Gasteiger partial charge in [0.25, 0.3) is 0 Å². The van der Waals surface area contributed by atoms with E-state index in [9.17, 15) is 0 Å². The van der Waals surface area contributed by atoms with Crippen LogP contribution in [0.15, 0.2) is 23.3 Å². The maximum Gasteiger partial charge on any atom is 0.0409 e. The molecule has 0 aliphatic heterocycles. The molecule has 0 spiro atoms. The molecule has 0 aromatic heterocycles. The van der Waals surface area contributed by atoms with Gasteiger partial charge in [0.15, 0.2) is 0 Å². The first kappa shape index (κ1) is 15.2. The predicted octanol–water partition coefficient (Wildman–Crippen LogP) is 6.08. The molecular weight excluding hydrogens is 255 g/mol. The number of halogens is 1. The minimum Gasteiger partial charge on any atom is -0.188 e. The van der Waals surface area contributed by atoms with E-state index in [-0.39, 0.29) is 14.7 Å². The Kier molecular flexibility index (Phi) is 3.71. The zero-order valence-electron chi connectivity index (χ0n) is 13.3. The first-order chi connectivity index (χ1) is 8.57. The Morgan fingerprint density at radius 1 is 1.00 bits per heavy atom. The second-order valence-electron chi connectivity index (χ2n) is 7.92. The lowest BCUT2D eigenvalue weighted by Gasteiger charge is -2.57. The smallest absolute Gasteiger partial charge is 0.0409 e. The molecule has 1 saturated carbocycles. The second-order valence-corrected chi connectivity index (χ2v) is 12.1. The first-order valence-corrected chi connectivity index (χ1v) is 9.06. The van der Waals surface area contributed by atoms with Crippen molar-refractivity contribution in [2.75, 3.05) is 0 Å². The summed E-state index contributed by atoms with van der Waals surface area (Å²) in [5.74, 6) is 0. The Labute approximate surface area is 120 Å². The molecule has 0 saturated heterocycles. The normalized spacial score (nSPS) is 25.7. The first-order valence-electron chi connectivity index (χ1n) is 7.47. The van der Waals surface area contributed by atoms with Gasteiger partial charge in [0, 0.05) is 14.7 Å². The fourth-order valence-corrected chi connectivity index (χ4v) is 8.42. The number of rotatable bonds is 1. The van der Waals surface area contributed by atoms with Crippen molar-refractivity contribution < 1.29 is 3.89 Å². The lowest BCUT2D eigenvalue weighted by Crippen LogP contribution is -2.43. The zero-order valence-corrected chi connectivity index (χ0v) is 14.2. The molecule has 19 heavy (non-hydrogen) atoms. The van der Waals surface area contributed by atoms with E-state index in [1.54, 1.807) is 0 Å². The molecule has 3 aliphatic rings. The fraction of sp³-hybridized carbons (Fsp3) is 0.765. The van der Waals surface area contributed by atoms with Gasteiger partial charge in [-0.15, -0.1) is 0 Å². The topological polar surface area (TPSA) is 0 Å². The standard InChI is InChI=1S/C17H29FS/c1-16(2,3)19(18,17(4,5)6)15-12-13-8-7-9-14(15)11-10-13/h10-11,15H,7-9,12H2,1-6H3. The molecule has 1 fully saturated rings. The summed E-state index contributed by atoms with van der Waals surface area (Å²) < 4.78 is 15.8. The van der Waals surface area contributed by atoms with Crippen molar-refractivity contribution in [2.24, 2.45) is 0 Å². The molecule has 1 atom stereocenters. The molecular formula is C17H29FS. The molecule has 0 aromatic carbocycles. The highest BCUT2D eigenvalue weighted by atomic mass is 32.3. The third-order valence-corrected chi connectivity index (χ3v) is 9.35. The van der Waals surface area contributed by atoms with E-state index in [2.05, 4.69) is 53.7 Å². The van der Waals surface area contributed by atoms with Crippen LogP contribution < -0.4 is 0 Å². The van der Waals surface area contributed by atoms with Gasteiger partial charge in [-0.05, 0) is 25.7 Å². The van der Waals surface area contributed by atoms with Gasteiger partial charge in [-0.3, -0.25) is 0 Å². The van der Waals surface area contributed by atoms with Gasteiger partial charge >= 0.3 is 0 Å². The van der Waals surface area contributed by atoms with E-state index in [0.717, 1.165) is 12.8 Å². The largest absolute Gasteiger partial charge is 0.188 e. The molecule has 2 heteroatoms. The number of hydrogen-bond acceptors (Lipinski definition) is 0. The molecule has 0 radical (unpaired) electrons. The van der Waals surface area contributed by atoms with Gasteiger partial charge in [0.05, 0.1) is 0 Å². The fourth-order valence-electron chi connectivity index (χ4n) is 3.81. The van der Waals surface area contributed by atoms with Gasteiger partial charge in [-0.1, -0.05) is 75.3 Å². The highest BCUT2D eigenvalue weighted by Crippen LogP contribution is 2.74. The van der Waals surface area contributed by atoms with Crippen LogP contribution in [-0.4, -0.2) is 14.7 Å². The van der Waals surface area contributed by atoms with E-state index < -0.39 is 10.4 Å². The Hall–Kier alpha value is -0.240. The highest BCUT2D eigenvalue weighted by molar-refractivity contribution is 8.32. The quantitative estimate of drug-likeness (QED) is 0.547. The highest BCUT2D eigenvalue weighted by Gasteiger charge is 2.53. The second kappa shape index (κ2) is 4.65. The molecule has 110 valence electrons. The van der Waals surface area contributed by atoms with Crippen molar-refractivity contribution in [3.05, 3.63) is 23.3 Å². The van der Waals surface area contributed by atoms with Crippen molar-refractivity contribution in [3.8, 4) is 0 Å². The number of fused-ring (bicyclic) bond motifs is 4. The monoisotopic (exact) mass is 284 g/mol. The Morgan fingerprint density at radius 3 is 2.11 bits per heavy atom. The van der Waals surface area contributed by atoms with Crippen LogP contribution in [0.25, 0.3) is 0 Å². The summed E-state index contributed by atoms with van der Waals surface area (Å²) in [6, 6.07) is 0. The van der Waals surface area contributed by atoms with Crippen LogP contribution in [0.4, 0.5) is 3.89 Å². The summed E-state index contributed by atoms with van der Waals surface area (Å²) in [5.41, 5.74) is 2.85. The molecule has 0 aromatic rings. The summed E-state index contributed by atoms with van der Waals surface area (Å²) in [5, 5.41) is 0.148. The van der Waals surface area contributed by atoms with Crippen molar-refractivity contribution >= 4 is 10.4 Å². The van der Waals surface area contributed by atoms with Gasteiger partial charge < -0.3 is 0 Å². The SMILES string of the molecule is CC(C)(C)S(F)(C1CC2=CC=C1CCC2)C(C)(C)C. The Morgan fingerprint density at radius 2 is 1.58 bits per heavy atom. The lowest BCUT2D eigenvalue weighted by atomic mass is 10.0. The maximum absolute atomic E-state index is 16.3. The zero-order chi connectivity index (χ0) is 14.5. The molecule has 2 bridgehead atoms. The molecule has 3 rings (SSSR count). The molecule has 3 aliphatic carbocycles. The molecule has 1 unspecified atom stereocenters. The van der Waals surface area contributed by atoms with Crippen molar-refractivity contribution in [2.45, 2.75) is 82.0 Å². The average Bonchev–Trinajstić information content (AvgIpc) is 2.59.